The fraction of sp³-hybridized carbons (Fsp3) is 0.529. The minimum atomic E-state index is 0.638. The van der Waals surface area contributed by atoms with Crippen molar-refractivity contribution >= 4 is 21.4 Å². The topological polar surface area (TPSA) is 30.5 Å². The Morgan fingerprint density at radius 2 is 2.00 bits per heavy atom. The molecule has 21 heavy (non-hydrogen) atoms. The lowest BCUT2D eigenvalue weighted by Crippen LogP contribution is -2.19. The lowest BCUT2D eigenvalue weighted by molar-refractivity contribution is 0.0620. The van der Waals surface area contributed by atoms with Crippen LogP contribution in [0.1, 0.15) is 24.3 Å². The monoisotopic (exact) mass is 307 g/mol. The van der Waals surface area contributed by atoms with E-state index in [0.717, 1.165) is 13.1 Å². The van der Waals surface area contributed by atoms with E-state index in [9.17, 15) is 0 Å². The van der Waals surface area contributed by atoms with E-state index in [2.05, 4.69) is 43.4 Å². The summed E-state index contributed by atoms with van der Waals surface area (Å²) in [5, 5.41) is 4.85. The molecular formula is C17H25NO2S. The molecule has 1 N–H and O–H groups in total. The second-order valence-corrected chi connectivity index (χ2v) is 6.71. The Balaban J connectivity index is 2.09. The van der Waals surface area contributed by atoms with Crippen LogP contribution in [0.25, 0.3) is 10.1 Å². The minimum absolute atomic E-state index is 0.638. The second-order valence-electron chi connectivity index (χ2n) is 5.57. The molecule has 1 heterocycles. The lowest BCUT2D eigenvalue weighted by Gasteiger charge is -2.09. The van der Waals surface area contributed by atoms with Crippen LogP contribution in [0, 0.1) is 5.92 Å². The van der Waals surface area contributed by atoms with Gasteiger partial charge in [-0.2, -0.15) is 0 Å². The van der Waals surface area contributed by atoms with E-state index >= 15 is 0 Å². The molecule has 2 aromatic rings. The third-order valence-corrected chi connectivity index (χ3v) is 4.51. The summed E-state index contributed by atoms with van der Waals surface area (Å²) in [6, 6.07) is 8.57. The fourth-order valence-electron chi connectivity index (χ4n) is 2.24. The molecule has 1 aromatic carbocycles. The normalized spacial score (nSPS) is 11.6. The summed E-state index contributed by atoms with van der Waals surface area (Å²) in [6.45, 7) is 8.35. The average molecular weight is 307 g/mol. The van der Waals surface area contributed by atoms with Crippen molar-refractivity contribution in [2.75, 3.05) is 26.9 Å². The van der Waals surface area contributed by atoms with E-state index in [0.29, 0.717) is 25.7 Å². The summed E-state index contributed by atoms with van der Waals surface area (Å²) in [5.74, 6) is 0.667. The maximum Gasteiger partial charge on any atom is 0.0735 e. The second kappa shape index (κ2) is 8.49. The largest absolute Gasteiger partial charge is 0.382 e. The van der Waals surface area contributed by atoms with Crippen molar-refractivity contribution in [1.29, 1.82) is 0 Å². The number of nitrogens with one attached hydrogen (secondary N) is 1. The number of benzene rings is 1. The molecule has 0 saturated carbocycles. The van der Waals surface area contributed by atoms with Crippen molar-refractivity contribution in [2.24, 2.45) is 5.92 Å². The SMILES string of the molecule is COCCOCc1c(CNCC(C)C)sc2ccccc12. The first-order chi connectivity index (χ1) is 10.2. The minimum Gasteiger partial charge on any atom is -0.382 e. The summed E-state index contributed by atoms with van der Waals surface area (Å²) in [5.41, 5.74) is 1.32. The van der Waals surface area contributed by atoms with Crippen LogP contribution < -0.4 is 5.32 Å². The molecule has 0 bridgehead atoms. The molecule has 0 spiro atoms. The van der Waals surface area contributed by atoms with Gasteiger partial charge >= 0.3 is 0 Å². The van der Waals surface area contributed by atoms with Gasteiger partial charge in [0.25, 0.3) is 0 Å². The molecule has 116 valence electrons. The van der Waals surface area contributed by atoms with Gasteiger partial charge in [0.05, 0.1) is 19.8 Å². The van der Waals surface area contributed by atoms with Gasteiger partial charge in [-0.15, -0.1) is 11.3 Å². The van der Waals surface area contributed by atoms with Crippen LogP contribution in [-0.2, 0) is 22.6 Å². The highest BCUT2D eigenvalue weighted by atomic mass is 32.1. The number of ether oxygens (including phenoxy) is 2. The van der Waals surface area contributed by atoms with Crippen LogP contribution in [0.3, 0.4) is 0 Å². The molecule has 4 heteroatoms. The van der Waals surface area contributed by atoms with E-state index in [1.54, 1.807) is 7.11 Å². The zero-order valence-electron chi connectivity index (χ0n) is 13.1. The van der Waals surface area contributed by atoms with E-state index < -0.39 is 0 Å². The van der Waals surface area contributed by atoms with E-state index in [4.69, 9.17) is 9.47 Å². The van der Waals surface area contributed by atoms with Gasteiger partial charge in [0.15, 0.2) is 0 Å². The first-order valence-electron chi connectivity index (χ1n) is 7.49. The number of methoxy groups -OCH3 is 1. The number of thiophene rings is 1. The molecule has 0 saturated heterocycles. The molecule has 0 amide bonds. The molecule has 0 aliphatic carbocycles. The summed E-state index contributed by atoms with van der Waals surface area (Å²) in [4.78, 5) is 1.38. The third kappa shape index (κ3) is 4.78. The Morgan fingerprint density at radius 3 is 2.76 bits per heavy atom. The summed E-state index contributed by atoms with van der Waals surface area (Å²) >= 11 is 1.87. The quantitative estimate of drug-likeness (QED) is 0.715. The van der Waals surface area contributed by atoms with Crippen LogP contribution in [-0.4, -0.2) is 26.9 Å². The first-order valence-corrected chi connectivity index (χ1v) is 8.30. The maximum atomic E-state index is 5.75. The van der Waals surface area contributed by atoms with Gasteiger partial charge in [0, 0.05) is 28.8 Å². The molecular weight excluding hydrogens is 282 g/mol. The fourth-order valence-corrected chi connectivity index (χ4v) is 3.42. The van der Waals surface area contributed by atoms with Crippen molar-refractivity contribution in [3.05, 3.63) is 34.7 Å². The summed E-state index contributed by atoms with van der Waals surface area (Å²) < 4.78 is 12.1. The van der Waals surface area contributed by atoms with Gasteiger partial charge in [0.1, 0.15) is 0 Å². The van der Waals surface area contributed by atoms with E-state index in [1.165, 1.54) is 20.5 Å². The summed E-state index contributed by atoms with van der Waals surface area (Å²) in [6.07, 6.45) is 0. The zero-order valence-corrected chi connectivity index (χ0v) is 14.0. The van der Waals surface area contributed by atoms with Gasteiger partial charge in [-0.25, -0.2) is 0 Å². The lowest BCUT2D eigenvalue weighted by atomic mass is 10.1. The zero-order chi connectivity index (χ0) is 15.1. The Morgan fingerprint density at radius 1 is 1.19 bits per heavy atom. The smallest absolute Gasteiger partial charge is 0.0735 e. The molecule has 0 aliphatic heterocycles. The third-order valence-electron chi connectivity index (χ3n) is 3.30. The van der Waals surface area contributed by atoms with E-state index in [1.807, 2.05) is 11.3 Å². The molecule has 1 aromatic heterocycles. The van der Waals surface area contributed by atoms with Crippen molar-refractivity contribution in [3.8, 4) is 0 Å². The molecule has 0 radical (unpaired) electrons. The molecule has 0 fully saturated rings. The standard InChI is InChI=1S/C17H25NO2S/c1-13(2)10-18-11-17-15(12-20-9-8-19-3)14-6-4-5-7-16(14)21-17/h4-7,13,18H,8-12H2,1-3H3. The number of rotatable bonds is 9. The van der Waals surface area contributed by atoms with Crippen molar-refractivity contribution in [1.82, 2.24) is 5.32 Å². The van der Waals surface area contributed by atoms with Crippen molar-refractivity contribution in [3.63, 3.8) is 0 Å². The predicted octanol–water partition coefficient (Wildman–Crippen LogP) is 3.81. The van der Waals surface area contributed by atoms with Gasteiger partial charge in [0.2, 0.25) is 0 Å². The number of fused-ring (bicyclic) bond motifs is 1. The van der Waals surface area contributed by atoms with Crippen molar-refractivity contribution in [2.45, 2.75) is 27.0 Å². The molecule has 0 unspecified atom stereocenters. The number of hydrogen-bond acceptors (Lipinski definition) is 4. The van der Waals surface area contributed by atoms with Crippen LogP contribution in [0.15, 0.2) is 24.3 Å². The van der Waals surface area contributed by atoms with Gasteiger partial charge in [-0.3, -0.25) is 0 Å². The highest BCUT2D eigenvalue weighted by Gasteiger charge is 2.11. The Kier molecular flexibility index (Phi) is 6.64. The average Bonchev–Trinajstić information content (AvgIpc) is 2.81. The van der Waals surface area contributed by atoms with Crippen LogP contribution >= 0.6 is 11.3 Å². The highest BCUT2D eigenvalue weighted by molar-refractivity contribution is 7.19. The molecule has 3 nitrogen and oxygen atoms in total. The van der Waals surface area contributed by atoms with Crippen molar-refractivity contribution < 1.29 is 9.47 Å². The number of hydrogen-bond donors (Lipinski definition) is 1. The van der Waals surface area contributed by atoms with Gasteiger partial charge in [-0.1, -0.05) is 32.0 Å². The highest BCUT2D eigenvalue weighted by Crippen LogP contribution is 2.31. The Bertz CT molecular complexity index is 551. The van der Waals surface area contributed by atoms with Crippen LogP contribution in [0.2, 0.25) is 0 Å². The Hall–Kier alpha value is -0.940. The molecule has 2 rings (SSSR count). The van der Waals surface area contributed by atoms with Crippen LogP contribution in [0.4, 0.5) is 0 Å². The molecule has 0 aliphatic rings. The molecule has 0 atom stereocenters. The first kappa shape index (κ1) is 16.4. The summed E-state index contributed by atoms with van der Waals surface area (Å²) in [7, 11) is 1.70. The van der Waals surface area contributed by atoms with Gasteiger partial charge < -0.3 is 14.8 Å². The maximum absolute atomic E-state index is 5.75. The predicted molar refractivity (Wildman–Crippen MR) is 89.9 cm³/mol. The van der Waals surface area contributed by atoms with Crippen LogP contribution in [0.5, 0.6) is 0 Å². The Labute approximate surface area is 131 Å². The van der Waals surface area contributed by atoms with Gasteiger partial charge in [-0.05, 0) is 23.9 Å². The van der Waals surface area contributed by atoms with E-state index in [-0.39, 0.29) is 0 Å².